The first-order valence-electron chi connectivity index (χ1n) is 17.4. The van der Waals surface area contributed by atoms with Gasteiger partial charge < -0.3 is 32.5 Å². The van der Waals surface area contributed by atoms with Crippen LogP contribution in [0.4, 0.5) is 5.82 Å². The number of imidazole rings is 1. The molecule has 1 amide bonds. The Balaban J connectivity index is 1.41. The van der Waals surface area contributed by atoms with Crippen molar-refractivity contribution in [3.63, 3.8) is 0 Å². The first-order valence-corrected chi connectivity index (χ1v) is 21.4. The lowest BCUT2D eigenvalue weighted by molar-refractivity contribution is -0.214. The van der Waals surface area contributed by atoms with Crippen molar-refractivity contribution >= 4 is 40.0 Å². The maximum absolute atomic E-state index is 13.0. The van der Waals surface area contributed by atoms with Gasteiger partial charge >= 0.3 is 17.1 Å². The first-order chi connectivity index (χ1) is 23.0. The van der Waals surface area contributed by atoms with Crippen molar-refractivity contribution in [1.82, 2.24) is 19.5 Å². The van der Waals surface area contributed by atoms with Crippen molar-refractivity contribution in [1.29, 1.82) is 0 Å². The van der Waals surface area contributed by atoms with Gasteiger partial charge in [-0.1, -0.05) is 73.6 Å². The van der Waals surface area contributed by atoms with Crippen LogP contribution in [0.5, 0.6) is 0 Å². The molecule has 0 saturated carbocycles. The third-order valence-electron chi connectivity index (χ3n) is 9.96. The molecule has 5 heterocycles. The second-order valence-corrected chi connectivity index (χ2v) is 23.2. The Morgan fingerprint density at radius 3 is 2.29 bits per heavy atom. The topological polar surface area (TPSA) is 128 Å². The fraction of sp³-hybridized carbons (Fsp3) is 0.647. The van der Waals surface area contributed by atoms with Gasteiger partial charge in [0.1, 0.15) is 24.6 Å². The SMILES string of the molecule is CC(C)[Si]1(C(C)C)OC[C@H]2O[C@@H](n3cnc4c(NC(=O)c5ccccc5)ncnc43)[C@H](OC3CCCCO3)[C@@H]2O[Si](C(C)C)(C(C)C)O1. The molecule has 6 rings (SSSR count). The molecule has 1 N–H and O–H groups in total. The minimum absolute atomic E-state index is 0.146. The van der Waals surface area contributed by atoms with Crippen molar-refractivity contribution in [2.45, 2.75) is 128 Å². The smallest absolute Gasteiger partial charge is 0.335 e. The third-order valence-corrected chi connectivity index (χ3v) is 20.2. The Bertz CT molecular complexity index is 1530. The highest BCUT2D eigenvalue weighted by atomic mass is 28.5. The molecule has 14 heteroatoms. The summed E-state index contributed by atoms with van der Waals surface area (Å²) in [7, 11) is -5.74. The van der Waals surface area contributed by atoms with E-state index in [1.54, 1.807) is 18.5 Å². The van der Waals surface area contributed by atoms with E-state index in [4.69, 9.17) is 27.2 Å². The van der Waals surface area contributed by atoms with Gasteiger partial charge in [-0.15, -0.1) is 0 Å². The summed E-state index contributed by atoms with van der Waals surface area (Å²) in [5, 5.41) is 2.91. The van der Waals surface area contributed by atoms with Crippen LogP contribution in [0.1, 0.15) is 91.2 Å². The Morgan fingerprint density at radius 1 is 0.938 bits per heavy atom. The van der Waals surface area contributed by atoms with Crippen molar-refractivity contribution in [3.05, 3.63) is 48.5 Å². The Labute approximate surface area is 285 Å². The van der Waals surface area contributed by atoms with E-state index in [1.807, 2.05) is 22.8 Å². The lowest BCUT2D eigenvalue weighted by atomic mass is 10.1. The van der Waals surface area contributed by atoms with Gasteiger partial charge in [0, 0.05) is 12.2 Å². The molecule has 0 radical (unpaired) electrons. The Hall–Kier alpha value is -2.57. The highest BCUT2D eigenvalue weighted by Gasteiger charge is 2.62. The molecule has 0 spiro atoms. The molecule has 1 unspecified atom stereocenters. The second-order valence-electron chi connectivity index (χ2n) is 14.4. The largest absolute Gasteiger partial charge is 0.414 e. The van der Waals surface area contributed by atoms with Gasteiger partial charge in [-0.05, 0) is 53.6 Å². The summed E-state index contributed by atoms with van der Waals surface area (Å²) in [6.07, 6.45) is 3.35. The zero-order valence-corrected chi connectivity index (χ0v) is 31.4. The average Bonchev–Trinajstić information content (AvgIpc) is 3.63. The molecule has 48 heavy (non-hydrogen) atoms. The predicted octanol–water partition coefficient (Wildman–Crippen LogP) is 6.84. The van der Waals surface area contributed by atoms with Crippen LogP contribution < -0.4 is 5.32 Å². The third kappa shape index (κ3) is 6.53. The molecule has 1 aromatic carbocycles. The number of fused-ring (bicyclic) bond motifs is 2. The molecule has 3 saturated heterocycles. The average molecular weight is 698 g/mol. The number of hydrogen-bond donors (Lipinski definition) is 1. The van der Waals surface area contributed by atoms with Gasteiger partial charge in [-0.3, -0.25) is 9.36 Å². The number of rotatable bonds is 9. The quantitative estimate of drug-likeness (QED) is 0.237. The number of carbonyl (C=O) groups excluding carboxylic acids is 1. The van der Waals surface area contributed by atoms with Gasteiger partial charge in [0.15, 0.2) is 29.5 Å². The molecule has 0 bridgehead atoms. The van der Waals surface area contributed by atoms with Crippen LogP contribution in [0.15, 0.2) is 43.0 Å². The summed E-state index contributed by atoms with van der Waals surface area (Å²) in [6, 6.07) is 9.00. The lowest BCUT2D eigenvalue weighted by Crippen LogP contribution is -2.66. The monoisotopic (exact) mass is 697 g/mol. The zero-order chi connectivity index (χ0) is 34.2. The summed E-state index contributed by atoms with van der Waals surface area (Å²) in [6.45, 7) is 18.6. The first kappa shape index (κ1) is 35.3. The molecule has 3 fully saturated rings. The molecular formula is C34H51N5O7Si2. The number of nitrogens with zero attached hydrogens (tertiary/aromatic N) is 4. The van der Waals surface area contributed by atoms with Gasteiger partial charge in [0.05, 0.1) is 12.9 Å². The number of carbonyl (C=O) groups is 1. The van der Waals surface area contributed by atoms with Crippen LogP contribution in [0.25, 0.3) is 11.2 Å². The van der Waals surface area contributed by atoms with E-state index in [0.717, 1.165) is 19.3 Å². The van der Waals surface area contributed by atoms with Crippen LogP contribution >= 0.6 is 0 Å². The minimum Gasteiger partial charge on any atom is -0.414 e. The van der Waals surface area contributed by atoms with Crippen molar-refractivity contribution in [3.8, 4) is 0 Å². The number of benzene rings is 1. The molecule has 5 atom stereocenters. The van der Waals surface area contributed by atoms with Gasteiger partial charge in [-0.25, -0.2) is 15.0 Å². The summed E-state index contributed by atoms with van der Waals surface area (Å²) in [5.74, 6) is 0.0296. The van der Waals surface area contributed by atoms with Crippen LogP contribution in [-0.4, -0.2) is 80.4 Å². The highest BCUT2D eigenvalue weighted by molar-refractivity contribution is 6.84. The Morgan fingerprint density at radius 2 is 1.65 bits per heavy atom. The van der Waals surface area contributed by atoms with Gasteiger partial charge in [0.2, 0.25) is 0 Å². The van der Waals surface area contributed by atoms with Crippen molar-refractivity contribution in [2.75, 3.05) is 18.5 Å². The second kappa shape index (κ2) is 14.3. The molecule has 0 aliphatic carbocycles. The number of anilines is 1. The van der Waals surface area contributed by atoms with E-state index in [-0.39, 0.29) is 28.1 Å². The van der Waals surface area contributed by atoms with E-state index >= 15 is 0 Å². The van der Waals surface area contributed by atoms with E-state index in [1.165, 1.54) is 6.33 Å². The predicted molar refractivity (Wildman–Crippen MR) is 186 cm³/mol. The van der Waals surface area contributed by atoms with Crippen molar-refractivity contribution < 1.29 is 32.0 Å². The fourth-order valence-corrected chi connectivity index (χ4v) is 18.6. The summed E-state index contributed by atoms with van der Waals surface area (Å²) >= 11 is 0. The number of hydrogen-bond acceptors (Lipinski definition) is 10. The summed E-state index contributed by atoms with van der Waals surface area (Å²) in [5.41, 5.74) is 2.18. The molecule has 12 nitrogen and oxygen atoms in total. The molecule has 2 aromatic heterocycles. The number of ether oxygens (including phenoxy) is 3. The number of aromatic nitrogens is 4. The summed E-state index contributed by atoms with van der Waals surface area (Å²) in [4.78, 5) is 26.7. The van der Waals surface area contributed by atoms with Crippen LogP contribution in [0, 0.1) is 0 Å². The highest BCUT2D eigenvalue weighted by Crippen LogP contribution is 2.49. The molecule has 3 aliphatic heterocycles. The van der Waals surface area contributed by atoms with E-state index in [0.29, 0.717) is 35.8 Å². The zero-order valence-electron chi connectivity index (χ0n) is 29.4. The van der Waals surface area contributed by atoms with Crippen LogP contribution in [-0.2, 0) is 27.2 Å². The molecule has 3 aliphatic rings. The normalized spacial score (nSPS) is 27.4. The van der Waals surface area contributed by atoms with Crippen LogP contribution in [0.2, 0.25) is 22.2 Å². The fourth-order valence-electron chi connectivity index (χ4n) is 7.38. The molecule has 3 aromatic rings. The summed E-state index contributed by atoms with van der Waals surface area (Å²) < 4.78 is 43.7. The van der Waals surface area contributed by atoms with Gasteiger partial charge in [0.25, 0.3) is 5.91 Å². The van der Waals surface area contributed by atoms with Crippen LogP contribution in [0.3, 0.4) is 0 Å². The number of nitrogens with one attached hydrogen (secondary N) is 1. The molecular weight excluding hydrogens is 647 g/mol. The Kier molecular flexibility index (Phi) is 10.5. The lowest BCUT2D eigenvalue weighted by Gasteiger charge is -2.51. The standard InChI is InChI=1S/C34H51N5O7Si2/c1-21(2)47(22(3)4)42-18-26-29(45-48(46-47,23(5)6)24(7)8)30(44-27-16-12-13-17-41-27)34(43-26)39-20-37-28-31(35-19-36-32(28)39)38-33(40)25-14-10-9-11-15-25/h9-11,14-15,19-24,26-27,29-30,34H,12-13,16-18H2,1-8H3,(H,35,36,38,40)/t26-,27?,29-,30-,34-/m1/s1. The van der Waals surface area contributed by atoms with Crippen molar-refractivity contribution in [2.24, 2.45) is 0 Å². The van der Waals surface area contributed by atoms with E-state index in [2.05, 4.69) is 75.7 Å². The number of amides is 1. The van der Waals surface area contributed by atoms with E-state index in [9.17, 15) is 4.79 Å². The van der Waals surface area contributed by atoms with E-state index < -0.39 is 48.0 Å². The maximum Gasteiger partial charge on any atom is 0.335 e. The van der Waals surface area contributed by atoms with Gasteiger partial charge in [-0.2, -0.15) is 0 Å². The maximum atomic E-state index is 13.0. The molecule has 262 valence electrons. The minimum atomic E-state index is -2.96.